The van der Waals surface area contributed by atoms with Gasteiger partial charge in [0.1, 0.15) is 11.8 Å². The van der Waals surface area contributed by atoms with Gasteiger partial charge in [-0.15, -0.1) is 0 Å². The number of carboxylic acids is 1. The number of hydrogen-bond donors (Lipinski definition) is 5. The molecule has 38 heavy (non-hydrogen) atoms. The number of aromatic nitrogens is 1. The minimum Gasteiger partial charge on any atom is -0.493 e. The normalized spacial score (nSPS) is 12.0. The van der Waals surface area contributed by atoms with Crippen LogP contribution >= 0.6 is 0 Å². The van der Waals surface area contributed by atoms with Crippen molar-refractivity contribution in [1.82, 2.24) is 14.4 Å². The molecule has 13 nitrogen and oxygen atoms in total. The van der Waals surface area contributed by atoms with Gasteiger partial charge in [-0.2, -0.15) is 4.72 Å². The number of amides is 1. The van der Waals surface area contributed by atoms with Crippen LogP contribution in [0.5, 0.6) is 5.75 Å². The van der Waals surface area contributed by atoms with E-state index in [2.05, 4.69) is 15.0 Å². The number of ether oxygens (including phenoxy) is 1. The van der Waals surface area contributed by atoms with Gasteiger partial charge in [-0.3, -0.25) is 23.8 Å². The second kappa shape index (κ2) is 12.7. The van der Waals surface area contributed by atoms with Gasteiger partial charge in [0.15, 0.2) is 5.96 Å². The van der Waals surface area contributed by atoms with Gasteiger partial charge in [0, 0.05) is 37.0 Å². The zero-order valence-electron chi connectivity index (χ0n) is 20.2. The monoisotopic (exact) mass is 544 g/mol. The molecule has 2 heterocycles. The lowest BCUT2D eigenvalue weighted by atomic mass is 10.2. The number of unbranched alkanes of at least 4 members (excludes halogenated alkanes) is 1. The summed E-state index contributed by atoms with van der Waals surface area (Å²) < 4.78 is 34.0. The van der Waals surface area contributed by atoms with E-state index in [9.17, 15) is 27.9 Å². The minimum absolute atomic E-state index is 0.0256. The highest BCUT2D eigenvalue weighted by Gasteiger charge is 2.26. The number of hydrogen-bond acceptors (Lipinski definition) is 7. The first-order chi connectivity index (χ1) is 18.1. The highest BCUT2D eigenvalue weighted by Crippen LogP contribution is 2.15. The van der Waals surface area contributed by atoms with Crippen molar-refractivity contribution in [3.63, 3.8) is 0 Å². The molecule has 0 bridgehead atoms. The summed E-state index contributed by atoms with van der Waals surface area (Å²) in [4.78, 5) is 40.6. The summed E-state index contributed by atoms with van der Waals surface area (Å²) in [6.07, 6.45) is 2.91. The molecule has 0 unspecified atom stereocenters. The van der Waals surface area contributed by atoms with Crippen LogP contribution in [0, 0.1) is 0 Å². The number of carbonyl (C=O) groups excluding carboxylic acids is 1. The average Bonchev–Trinajstić information content (AvgIpc) is 2.88. The largest absolute Gasteiger partial charge is 0.493 e. The Morgan fingerprint density at radius 1 is 1.08 bits per heavy atom. The predicted molar refractivity (Wildman–Crippen MR) is 140 cm³/mol. The highest BCUT2D eigenvalue weighted by atomic mass is 32.2. The number of aliphatic imine (C=N–C) groups is 1. The molecular weight excluding hydrogens is 516 g/mol. The molecule has 7 N–H and O–H groups in total. The van der Waals surface area contributed by atoms with E-state index in [4.69, 9.17) is 16.2 Å². The van der Waals surface area contributed by atoms with Gasteiger partial charge in [0.05, 0.1) is 17.0 Å². The fourth-order valence-electron chi connectivity index (χ4n) is 3.38. The van der Waals surface area contributed by atoms with Crippen LogP contribution in [0.25, 0.3) is 5.52 Å². The van der Waals surface area contributed by atoms with Crippen LogP contribution in [0.1, 0.15) is 23.2 Å². The molecule has 0 aliphatic carbocycles. The second-order valence-electron chi connectivity index (χ2n) is 8.14. The number of guanidine groups is 1. The number of nitrogens with two attached hydrogens (primary N) is 2. The maximum absolute atomic E-state index is 12.7. The number of carboxylic acid groups (broad SMARTS) is 1. The van der Waals surface area contributed by atoms with E-state index in [-0.39, 0.29) is 16.4 Å². The Morgan fingerprint density at radius 3 is 2.50 bits per heavy atom. The van der Waals surface area contributed by atoms with Crippen molar-refractivity contribution >= 4 is 33.4 Å². The van der Waals surface area contributed by atoms with Gasteiger partial charge in [-0.05, 0) is 37.1 Å². The topological polar surface area (TPSA) is 208 Å². The van der Waals surface area contributed by atoms with Crippen molar-refractivity contribution in [2.75, 3.05) is 19.7 Å². The zero-order valence-corrected chi connectivity index (χ0v) is 21.1. The van der Waals surface area contributed by atoms with Crippen molar-refractivity contribution in [2.45, 2.75) is 23.8 Å². The highest BCUT2D eigenvalue weighted by molar-refractivity contribution is 7.89. The Balaban J connectivity index is 1.67. The van der Waals surface area contributed by atoms with Crippen LogP contribution in [-0.2, 0) is 14.8 Å². The summed E-state index contributed by atoms with van der Waals surface area (Å²) in [5.74, 6) is -1.73. The van der Waals surface area contributed by atoms with E-state index in [0.29, 0.717) is 37.3 Å². The number of sulfonamides is 1. The molecule has 3 aromatic rings. The number of rotatable bonds is 13. The SMILES string of the molecule is NC(N)=NCCCCOc1ccn2c(=O)cc(C(=O)NC[C@H](NS(=O)(=O)c3ccccc3)C(=O)O)cc2c1. The van der Waals surface area contributed by atoms with Gasteiger partial charge in [0.2, 0.25) is 10.0 Å². The molecule has 2 aromatic heterocycles. The Kier molecular flexibility index (Phi) is 9.40. The van der Waals surface area contributed by atoms with Gasteiger partial charge < -0.3 is 26.6 Å². The Bertz CT molecular complexity index is 1490. The molecule has 1 aromatic carbocycles. The van der Waals surface area contributed by atoms with Crippen LogP contribution in [0.3, 0.4) is 0 Å². The number of aliphatic carboxylic acids is 1. The first-order valence-corrected chi connectivity index (χ1v) is 13.0. The van der Waals surface area contributed by atoms with Gasteiger partial charge >= 0.3 is 5.97 Å². The lowest BCUT2D eigenvalue weighted by Gasteiger charge is -2.16. The first-order valence-electron chi connectivity index (χ1n) is 11.5. The fraction of sp³-hybridized carbons (Fsp3) is 0.250. The van der Waals surface area contributed by atoms with Crippen LogP contribution in [0.2, 0.25) is 0 Å². The average molecular weight is 545 g/mol. The van der Waals surface area contributed by atoms with Gasteiger partial charge in [-0.25, -0.2) is 8.42 Å². The zero-order chi connectivity index (χ0) is 27.7. The van der Waals surface area contributed by atoms with Crippen LogP contribution in [-0.4, -0.2) is 61.5 Å². The quantitative estimate of drug-likeness (QED) is 0.110. The second-order valence-corrected chi connectivity index (χ2v) is 9.85. The summed E-state index contributed by atoms with van der Waals surface area (Å²) in [6, 6.07) is 11.3. The maximum atomic E-state index is 12.7. The molecule has 202 valence electrons. The van der Waals surface area contributed by atoms with Crippen molar-refractivity contribution < 1.29 is 27.9 Å². The molecule has 0 radical (unpaired) electrons. The molecule has 1 atom stereocenters. The van der Waals surface area contributed by atoms with E-state index in [1.807, 2.05) is 0 Å². The predicted octanol–water partition coefficient (Wildman–Crippen LogP) is -0.107. The smallest absolute Gasteiger partial charge is 0.323 e. The molecule has 0 spiro atoms. The Morgan fingerprint density at radius 2 is 1.82 bits per heavy atom. The van der Waals surface area contributed by atoms with Crippen molar-refractivity contribution in [2.24, 2.45) is 16.5 Å². The molecule has 0 aliphatic heterocycles. The lowest BCUT2D eigenvalue weighted by molar-refractivity contribution is -0.138. The summed E-state index contributed by atoms with van der Waals surface area (Å²) in [7, 11) is -4.14. The van der Waals surface area contributed by atoms with Crippen molar-refractivity contribution in [1.29, 1.82) is 0 Å². The third kappa shape index (κ3) is 7.78. The molecule has 3 rings (SSSR count). The number of benzene rings is 1. The van der Waals surface area contributed by atoms with Crippen LogP contribution in [0.15, 0.2) is 75.5 Å². The van der Waals surface area contributed by atoms with E-state index >= 15 is 0 Å². The standard InChI is InChI=1S/C24H28N6O7S/c25-24(26)27-9-4-5-11-37-18-8-10-30-17(14-18)12-16(13-21(30)31)22(32)28-15-20(23(33)34)29-38(35,36)19-6-2-1-3-7-19/h1-3,6-8,10,12-14,20,29H,4-5,9,11,15H2,(H,28,32)(H,33,34)(H4,25,26,27)/t20-/m0/s1. The molecule has 0 saturated carbocycles. The van der Waals surface area contributed by atoms with Crippen molar-refractivity contribution in [3.8, 4) is 5.75 Å². The number of carbonyl (C=O) groups is 2. The number of nitrogens with one attached hydrogen (secondary N) is 2. The number of pyridine rings is 2. The molecule has 0 saturated heterocycles. The molecule has 0 aliphatic rings. The van der Waals surface area contributed by atoms with E-state index < -0.39 is 40.0 Å². The molecule has 1 amide bonds. The van der Waals surface area contributed by atoms with Crippen molar-refractivity contribution in [3.05, 3.63) is 76.7 Å². The Labute approximate surface area is 218 Å². The summed E-state index contributed by atoms with van der Waals surface area (Å²) in [6.45, 7) is 0.312. The molecular formula is C24H28N6O7S. The maximum Gasteiger partial charge on any atom is 0.323 e. The molecule has 14 heteroatoms. The lowest BCUT2D eigenvalue weighted by Crippen LogP contribution is -2.48. The Hall–Kier alpha value is -4.43. The first kappa shape index (κ1) is 28.1. The van der Waals surface area contributed by atoms with E-state index in [1.165, 1.54) is 40.9 Å². The van der Waals surface area contributed by atoms with Crippen LogP contribution in [0.4, 0.5) is 0 Å². The van der Waals surface area contributed by atoms with Gasteiger partial charge in [0.25, 0.3) is 11.5 Å². The number of nitrogens with zero attached hydrogens (tertiary/aromatic N) is 2. The molecule has 0 fully saturated rings. The van der Waals surface area contributed by atoms with E-state index in [1.54, 1.807) is 18.2 Å². The summed E-state index contributed by atoms with van der Waals surface area (Å²) >= 11 is 0. The van der Waals surface area contributed by atoms with E-state index in [0.717, 1.165) is 6.07 Å². The minimum atomic E-state index is -4.14. The van der Waals surface area contributed by atoms with Gasteiger partial charge in [-0.1, -0.05) is 18.2 Å². The fourth-order valence-corrected chi connectivity index (χ4v) is 4.59. The third-order valence-electron chi connectivity index (χ3n) is 5.27. The third-order valence-corrected chi connectivity index (χ3v) is 6.76. The summed E-state index contributed by atoms with van der Waals surface area (Å²) in [5, 5.41) is 11.8. The number of fused-ring (bicyclic) bond motifs is 1. The van der Waals surface area contributed by atoms with Crippen LogP contribution < -0.4 is 31.8 Å². The summed E-state index contributed by atoms with van der Waals surface area (Å²) in [5.41, 5.74) is 10.4.